The Bertz CT molecular complexity index is 643. The molecule has 0 saturated heterocycles. The fourth-order valence-electron chi connectivity index (χ4n) is 2.29. The Morgan fingerprint density at radius 2 is 1.91 bits per heavy atom. The second kappa shape index (κ2) is 7.04. The van der Waals surface area contributed by atoms with Crippen LogP contribution in [0.4, 0.5) is 0 Å². The highest BCUT2D eigenvalue weighted by atomic mass is 16.5. The third-order valence-electron chi connectivity index (χ3n) is 3.57. The molecule has 0 bridgehead atoms. The molecule has 0 fully saturated rings. The average Bonchev–Trinajstić information content (AvgIpc) is 2.50. The van der Waals surface area contributed by atoms with Gasteiger partial charge in [0.2, 0.25) is 5.88 Å². The van der Waals surface area contributed by atoms with Crippen LogP contribution in [0.15, 0.2) is 30.3 Å². The lowest BCUT2D eigenvalue weighted by atomic mass is 10.1. The van der Waals surface area contributed by atoms with E-state index in [1.807, 2.05) is 32.0 Å². The van der Waals surface area contributed by atoms with Crippen LogP contribution in [-0.2, 0) is 13.1 Å². The van der Waals surface area contributed by atoms with Gasteiger partial charge in [0.05, 0.1) is 12.7 Å². The van der Waals surface area contributed by atoms with Gasteiger partial charge < -0.3 is 15.2 Å². The molecule has 0 amide bonds. The Kier molecular flexibility index (Phi) is 5.12. The van der Waals surface area contributed by atoms with E-state index < -0.39 is 5.97 Å². The molecule has 2 rings (SSSR count). The molecule has 22 heavy (non-hydrogen) atoms. The zero-order valence-corrected chi connectivity index (χ0v) is 13.0. The van der Waals surface area contributed by atoms with Crippen molar-refractivity contribution in [3.63, 3.8) is 0 Å². The summed E-state index contributed by atoms with van der Waals surface area (Å²) in [6.45, 7) is 5.38. The lowest BCUT2D eigenvalue weighted by molar-refractivity contribution is 0.0697. The lowest BCUT2D eigenvalue weighted by Crippen LogP contribution is -2.15. The average molecular weight is 300 g/mol. The van der Waals surface area contributed by atoms with Crippen LogP contribution in [0, 0.1) is 13.8 Å². The summed E-state index contributed by atoms with van der Waals surface area (Å²) in [7, 11) is 1.61. The largest absolute Gasteiger partial charge is 0.481 e. The van der Waals surface area contributed by atoms with Crippen LogP contribution in [0.2, 0.25) is 0 Å². The molecule has 5 nitrogen and oxygen atoms in total. The van der Waals surface area contributed by atoms with Crippen molar-refractivity contribution in [1.29, 1.82) is 0 Å². The topological polar surface area (TPSA) is 71.5 Å². The van der Waals surface area contributed by atoms with Crippen molar-refractivity contribution >= 4 is 5.97 Å². The van der Waals surface area contributed by atoms with E-state index in [1.54, 1.807) is 19.2 Å². The standard InChI is InChI=1S/C17H20N2O3/c1-11-8-16(22-3)19-12(2)15(11)10-18-9-13-4-6-14(7-5-13)17(20)21/h4-8,18H,9-10H2,1-3H3,(H,20,21). The normalized spacial score (nSPS) is 10.5. The number of hydrogen-bond acceptors (Lipinski definition) is 4. The van der Waals surface area contributed by atoms with Crippen LogP contribution >= 0.6 is 0 Å². The highest BCUT2D eigenvalue weighted by Crippen LogP contribution is 2.17. The zero-order valence-electron chi connectivity index (χ0n) is 13.0. The molecule has 0 saturated carbocycles. The number of nitrogens with one attached hydrogen (secondary N) is 1. The predicted octanol–water partition coefficient (Wildman–Crippen LogP) is 2.70. The number of methoxy groups -OCH3 is 1. The van der Waals surface area contributed by atoms with Crippen molar-refractivity contribution in [1.82, 2.24) is 10.3 Å². The van der Waals surface area contributed by atoms with Gasteiger partial charge in [0, 0.05) is 24.8 Å². The molecule has 0 spiro atoms. The van der Waals surface area contributed by atoms with E-state index >= 15 is 0 Å². The van der Waals surface area contributed by atoms with Gasteiger partial charge in [0.25, 0.3) is 0 Å². The monoisotopic (exact) mass is 300 g/mol. The van der Waals surface area contributed by atoms with Gasteiger partial charge in [-0.25, -0.2) is 9.78 Å². The summed E-state index contributed by atoms with van der Waals surface area (Å²) >= 11 is 0. The highest BCUT2D eigenvalue weighted by molar-refractivity contribution is 5.87. The molecule has 2 N–H and O–H groups in total. The maximum atomic E-state index is 10.8. The summed E-state index contributed by atoms with van der Waals surface area (Å²) in [4.78, 5) is 15.2. The van der Waals surface area contributed by atoms with E-state index in [-0.39, 0.29) is 0 Å². The third kappa shape index (κ3) is 3.83. The zero-order chi connectivity index (χ0) is 16.1. The van der Waals surface area contributed by atoms with Gasteiger partial charge in [0.15, 0.2) is 0 Å². The number of hydrogen-bond donors (Lipinski definition) is 2. The molecule has 0 aliphatic rings. The molecule has 1 aromatic carbocycles. The molecule has 0 aliphatic carbocycles. The van der Waals surface area contributed by atoms with Crippen LogP contribution in [0.1, 0.15) is 32.7 Å². The van der Waals surface area contributed by atoms with Crippen molar-refractivity contribution in [2.24, 2.45) is 0 Å². The number of aryl methyl sites for hydroxylation is 2. The number of rotatable bonds is 6. The molecule has 116 valence electrons. The van der Waals surface area contributed by atoms with Gasteiger partial charge in [-0.1, -0.05) is 12.1 Å². The van der Waals surface area contributed by atoms with Crippen LogP contribution in [0.25, 0.3) is 0 Å². The van der Waals surface area contributed by atoms with Gasteiger partial charge in [-0.15, -0.1) is 0 Å². The first-order valence-electron chi connectivity index (χ1n) is 7.05. The second-order valence-corrected chi connectivity index (χ2v) is 5.15. The van der Waals surface area contributed by atoms with Crippen molar-refractivity contribution in [2.75, 3.05) is 7.11 Å². The van der Waals surface area contributed by atoms with Gasteiger partial charge >= 0.3 is 5.97 Å². The molecule has 1 aromatic heterocycles. The molecule has 5 heteroatoms. The number of benzene rings is 1. The third-order valence-corrected chi connectivity index (χ3v) is 3.57. The Morgan fingerprint density at radius 1 is 1.23 bits per heavy atom. The number of carboxylic acid groups (broad SMARTS) is 1. The second-order valence-electron chi connectivity index (χ2n) is 5.15. The fourth-order valence-corrected chi connectivity index (χ4v) is 2.29. The van der Waals surface area contributed by atoms with E-state index in [0.717, 1.165) is 22.4 Å². The molecule has 1 heterocycles. The molecule has 0 unspecified atom stereocenters. The number of carboxylic acids is 1. The Hall–Kier alpha value is -2.40. The number of aromatic carboxylic acids is 1. The minimum Gasteiger partial charge on any atom is -0.481 e. The first kappa shape index (κ1) is 16.0. The van der Waals surface area contributed by atoms with Gasteiger partial charge in [-0.3, -0.25) is 0 Å². The smallest absolute Gasteiger partial charge is 0.335 e. The lowest BCUT2D eigenvalue weighted by Gasteiger charge is -2.12. The quantitative estimate of drug-likeness (QED) is 0.858. The molecule has 0 atom stereocenters. The van der Waals surface area contributed by atoms with E-state index in [9.17, 15) is 4.79 Å². The highest BCUT2D eigenvalue weighted by Gasteiger charge is 2.07. The summed E-state index contributed by atoms with van der Waals surface area (Å²) < 4.78 is 5.16. The molecule has 0 radical (unpaired) electrons. The maximum Gasteiger partial charge on any atom is 0.335 e. The van der Waals surface area contributed by atoms with Crippen LogP contribution in [0.5, 0.6) is 5.88 Å². The van der Waals surface area contributed by atoms with Gasteiger partial charge in [-0.05, 0) is 42.7 Å². The Morgan fingerprint density at radius 3 is 2.45 bits per heavy atom. The number of ether oxygens (including phenoxy) is 1. The van der Waals surface area contributed by atoms with E-state index in [1.165, 1.54) is 0 Å². The summed E-state index contributed by atoms with van der Waals surface area (Å²) in [5, 5.41) is 12.2. The van der Waals surface area contributed by atoms with E-state index in [4.69, 9.17) is 9.84 Å². The van der Waals surface area contributed by atoms with Crippen LogP contribution in [-0.4, -0.2) is 23.2 Å². The summed E-state index contributed by atoms with van der Waals surface area (Å²) in [5.74, 6) is -0.280. The SMILES string of the molecule is COc1cc(C)c(CNCc2ccc(C(=O)O)cc2)c(C)n1. The van der Waals surface area contributed by atoms with E-state index in [2.05, 4.69) is 10.3 Å². The van der Waals surface area contributed by atoms with Crippen LogP contribution < -0.4 is 10.1 Å². The summed E-state index contributed by atoms with van der Waals surface area (Å²) in [6.07, 6.45) is 0. The van der Waals surface area contributed by atoms with Crippen molar-refractivity contribution < 1.29 is 14.6 Å². The minimum atomic E-state index is -0.907. The first-order chi connectivity index (χ1) is 10.5. The molecular formula is C17H20N2O3. The summed E-state index contributed by atoms with van der Waals surface area (Å²) in [6, 6.07) is 8.80. The minimum absolute atomic E-state index is 0.301. The Balaban J connectivity index is 1.98. The number of nitrogens with zero attached hydrogens (tertiary/aromatic N) is 1. The first-order valence-corrected chi connectivity index (χ1v) is 7.05. The molecule has 2 aromatic rings. The maximum absolute atomic E-state index is 10.8. The number of pyridine rings is 1. The van der Waals surface area contributed by atoms with Gasteiger partial charge in [0.1, 0.15) is 0 Å². The fraction of sp³-hybridized carbons (Fsp3) is 0.294. The summed E-state index contributed by atoms with van der Waals surface area (Å²) in [5.41, 5.74) is 4.59. The molecule has 0 aliphatic heterocycles. The Labute approximate surface area is 130 Å². The van der Waals surface area contributed by atoms with E-state index in [0.29, 0.717) is 24.5 Å². The predicted molar refractivity (Wildman–Crippen MR) is 84.2 cm³/mol. The van der Waals surface area contributed by atoms with Gasteiger partial charge in [-0.2, -0.15) is 0 Å². The van der Waals surface area contributed by atoms with Crippen molar-refractivity contribution in [3.05, 3.63) is 58.3 Å². The molecular weight excluding hydrogens is 280 g/mol. The van der Waals surface area contributed by atoms with Crippen LogP contribution in [0.3, 0.4) is 0 Å². The number of aromatic nitrogens is 1. The van der Waals surface area contributed by atoms with Crippen molar-refractivity contribution in [2.45, 2.75) is 26.9 Å². The number of carbonyl (C=O) groups is 1. The van der Waals surface area contributed by atoms with Crippen molar-refractivity contribution in [3.8, 4) is 5.88 Å².